The lowest BCUT2D eigenvalue weighted by Gasteiger charge is -2.12. The van der Waals surface area contributed by atoms with Crippen LogP contribution in [0.25, 0.3) is 0 Å². The summed E-state index contributed by atoms with van der Waals surface area (Å²) in [4.78, 5) is 1.07. The van der Waals surface area contributed by atoms with E-state index in [9.17, 15) is 8.42 Å². The molecule has 0 unspecified atom stereocenters. The molecule has 4 nitrogen and oxygen atoms in total. The molecule has 0 aliphatic carbocycles. The van der Waals surface area contributed by atoms with E-state index in [-0.39, 0.29) is 14.9 Å². The van der Waals surface area contributed by atoms with E-state index >= 15 is 0 Å². The summed E-state index contributed by atoms with van der Waals surface area (Å²) in [7, 11) is -2.45. The quantitative estimate of drug-likeness (QED) is 0.439. The van der Waals surface area contributed by atoms with Crippen LogP contribution >= 0.6 is 35.0 Å². The average molecular weight is 454 g/mol. The largest absolute Gasteiger partial charge is 0.495 e. The van der Waals surface area contributed by atoms with E-state index in [0.29, 0.717) is 11.4 Å². The van der Waals surface area contributed by atoms with E-state index in [2.05, 4.69) is 16.9 Å². The number of methoxy groups -OCH3 is 1. The predicted molar refractivity (Wildman–Crippen MR) is 116 cm³/mol. The van der Waals surface area contributed by atoms with Crippen LogP contribution in [0, 0.1) is 0 Å². The number of nitrogens with one attached hydrogen (secondary N) is 1. The van der Waals surface area contributed by atoms with Crippen LogP contribution in [-0.2, 0) is 15.8 Å². The highest BCUT2D eigenvalue weighted by atomic mass is 35.5. The molecule has 0 spiro atoms. The van der Waals surface area contributed by atoms with Crippen molar-refractivity contribution in [1.29, 1.82) is 0 Å². The highest BCUT2D eigenvalue weighted by Gasteiger charge is 2.22. The summed E-state index contributed by atoms with van der Waals surface area (Å²) in [6.07, 6.45) is 0. The Kier molecular flexibility index (Phi) is 6.78. The van der Waals surface area contributed by atoms with Crippen molar-refractivity contribution < 1.29 is 13.2 Å². The summed E-state index contributed by atoms with van der Waals surface area (Å²) in [5.41, 5.74) is 1.53. The number of ether oxygens (including phenoxy) is 1. The Hall–Kier alpha value is -1.86. The summed E-state index contributed by atoms with van der Waals surface area (Å²) in [6, 6.07) is 20.1. The summed E-state index contributed by atoms with van der Waals surface area (Å²) in [5.74, 6) is 1.10. The standard InChI is InChI=1S/C20H17Cl2NO3S2/c1-26-17-11-12-18(20(22)19(17)21)28(24,25)23-15-9-7-14(8-10-15)13-27-16-5-3-2-4-6-16/h2-12,23H,13H2,1H3. The summed E-state index contributed by atoms with van der Waals surface area (Å²) in [6.45, 7) is 0. The molecule has 0 aromatic heterocycles. The molecule has 0 saturated carbocycles. The van der Waals surface area contributed by atoms with Crippen molar-refractivity contribution >= 4 is 50.7 Å². The molecule has 0 radical (unpaired) electrons. The van der Waals surface area contributed by atoms with Gasteiger partial charge in [0.15, 0.2) is 0 Å². The van der Waals surface area contributed by atoms with Crippen LogP contribution < -0.4 is 9.46 Å². The second-order valence-corrected chi connectivity index (χ2v) is 9.25. The van der Waals surface area contributed by atoms with Gasteiger partial charge in [0.2, 0.25) is 0 Å². The summed E-state index contributed by atoms with van der Waals surface area (Å²) >= 11 is 13.9. The number of hydrogen-bond acceptors (Lipinski definition) is 4. The fourth-order valence-electron chi connectivity index (χ4n) is 2.44. The Bertz CT molecular complexity index is 1060. The fraction of sp³-hybridized carbons (Fsp3) is 0.100. The lowest BCUT2D eigenvalue weighted by atomic mass is 10.2. The second kappa shape index (κ2) is 9.09. The Morgan fingerprint density at radius 1 is 0.929 bits per heavy atom. The number of anilines is 1. The highest BCUT2D eigenvalue weighted by molar-refractivity contribution is 7.98. The third-order valence-electron chi connectivity index (χ3n) is 3.88. The molecule has 28 heavy (non-hydrogen) atoms. The van der Waals surface area contributed by atoms with Gasteiger partial charge < -0.3 is 4.74 Å². The molecule has 0 bridgehead atoms. The van der Waals surface area contributed by atoms with Crippen LogP contribution in [0.5, 0.6) is 5.75 Å². The van der Waals surface area contributed by atoms with Crippen molar-refractivity contribution in [2.24, 2.45) is 0 Å². The van der Waals surface area contributed by atoms with Gasteiger partial charge in [-0.1, -0.05) is 53.5 Å². The monoisotopic (exact) mass is 453 g/mol. The van der Waals surface area contributed by atoms with Gasteiger partial charge >= 0.3 is 0 Å². The molecule has 0 atom stereocenters. The van der Waals surface area contributed by atoms with E-state index in [1.165, 1.54) is 24.1 Å². The number of sulfonamides is 1. The van der Waals surface area contributed by atoms with Gasteiger partial charge in [-0.2, -0.15) is 0 Å². The maximum absolute atomic E-state index is 12.7. The van der Waals surface area contributed by atoms with Gasteiger partial charge in [0.05, 0.1) is 12.1 Å². The van der Waals surface area contributed by atoms with E-state index in [0.717, 1.165) is 11.3 Å². The average Bonchev–Trinajstić information content (AvgIpc) is 2.70. The number of rotatable bonds is 7. The molecule has 0 amide bonds. The fourth-order valence-corrected chi connectivity index (χ4v) is 5.22. The van der Waals surface area contributed by atoms with Crippen molar-refractivity contribution in [3.8, 4) is 5.75 Å². The first-order chi connectivity index (χ1) is 13.4. The molecule has 0 saturated heterocycles. The van der Waals surface area contributed by atoms with Crippen LogP contribution in [0.1, 0.15) is 5.56 Å². The minimum atomic E-state index is -3.89. The molecule has 0 aliphatic rings. The smallest absolute Gasteiger partial charge is 0.263 e. The zero-order valence-corrected chi connectivity index (χ0v) is 18.0. The zero-order chi connectivity index (χ0) is 20.1. The predicted octanol–water partition coefficient (Wildman–Crippen LogP) is 6.10. The molecule has 0 fully saturated rings. The van der Waals surface area contributed by atoms with Crippen LogP contribution in [0.15, 0.2) is 76.5 Å². The van der Waals surface area contributed by atoms with Crippen LogP contribution in [-0.4, -0.2) is 15.5 Å². The van der Waals surface area contributed by atoms with E-state index in [1.54, 1.807) is 23.9 Å². The van der Waals surface area contributed by atoms with Gasteiger partial charge in [-0.15, -0.1) is 11.8 Å². The molecule has 0 heterocycles. The number of thioether (sulfide) groups is 1. The number of benzene rings is 3. The molecule has 3 rings (SSSR count). The topological polar surface area (TPSA) is 55.4 Å². The van der Waals surface area contributed by atoms with Gasteiger partial charge in [-0.05, 0) is 42.0 Å². The van der Waals surface area contributed by atoms with Gasteiger partial charge in [-0.3, -0.25) is 4.72 Å². The summed E-state index contributed by atoms with van der Waals surface area (Å²) < 4.78 is 32.9. The number of halogens is 2. The first-order valence-electron chi connectivity index (χ1n) is 8.22. The zero-order valence-electron chi connectivity index (χ0n) is 14.9. The van der Waals surface area contributed by atoms with Crippen LogP contribution in [0.4, 0.5) is 5.69 Å². The first-order valence-corrected chi connectivity index (χ1v) is 11.4. The maximum atomic E-state index is 12.7. The summed E-state index contributed by atoms with van der Waals surface area (Å²) in [5, 5.41) is -0.0234. The SMILES string of the molecule is COc1ccc(S(=O)(=O)Nc2ccc(CSc3ccccc3)cc2)c(Cl)c1Cl. The molecule has 146 valence electrons. The molecule has 8 heteroatoms. The van der Waals surface area contributed by atoms with Crippen molar-refractivity contribution in [2.75, 3.05) is 11.8 Å². The van der Waals surface area contributed by atoms with Gasteiger partial charge in [0, 0.05) is 16.3 Å². The lowest BCUT2D eigenvalue weighted by molar-refractivity contribution is 0.414. The molecule has 0 aliphatic heterocycles. The first kappa shape index (κ1) is 20.9. The van der Waals surface area contributed by atoms with Crippen molar-refractivity contribution in [3.63, 3.8) is 0 Å². The lowest BCUT2D eigenvalue weighted by Crippen LogP contribution is -2.13. The van der Waals surface area contributed by atoms with E-state index in [4.69, 9.17) is 27.9 Å². The third kappa shape index (κ3) is 4.94. The van der Waals surface area contributed by atoms with Crippen molar-refractivity contribution in [2.45, 2.75) is 15.5 Å². The molecular formula is C20H17Cl2NO3S2. The Morgan fingerprint density at radius 3 is 2.25 bits per heavy atom. The number of hydrogen-bond donors (Lipinski definition) is 1. The molecular weight excluding hydrogens is 437 g/mol. The highest BCUT2D eigenvalue weighted by Crippen LogP contribution is 2.37. The van der Waals surface area contributed by atoms with Gasteiger partial charge in [0.25, 0.3) is 10.0 Å². The second-order valence-electron chi connectivity index (χ2n) is 5.80. The minimum absolute atomic E-state index is 0.0559. The molecule has 3 aromatic rings. The van der Waals surface area contributed by atoms with Crippen molar-refractivity contribution in [1.82, 2.24) is 0 Å². The molecule has 3 aromatic carbocycles. The Balaban J connectivity index is 1.72. The van der Waals surface area contributed by atoms with Crippen LogP contribution in [0.2, 0.25) is 10.0 Å². The Labute approximate surface area is 178 Å². The maximum Gasteiger partial charge on any atom is 0.263 e. The normalized spacial score (nSPS) is 11.2. The Morgan fingerprint density at radius 2 is 1.61 bits per heavy atom. The molecule has 1 N–H and O–H groups in total. The van der Waals surface area contributed by atoms with Gasteiger partial charge in [0.1, 0.15) is 15.7 Å². The van der Waals surface area contributed by atoms with E-state index in [1.807, 2.05) is 30.3 Å². The van der Waals surface area contributed by atoms with Gasteiger partial charge in [-0.25, -0.2) is 8.42 Å². The van der Waals surface area contributed by atoms with Crippen molar-refractivity contribution in [3.05, 3.63) is 82.3 Å². The third-order valence-corrected chi connectivity index (χ3v) is 7.36. The van der Waals surface area contributed by atoms with E-state index < -0.39 is 10.0 Å². The minimum Gasteiger partial charge on any atom is -0.495 e. The van der Waals surface area contributed by atoms with Crippen LogP contribution in [0.3, 0.4) is 0 Å².